The van der Waals surface area contributed by atoms with Crippen LogP contribution in [0.3, 0.4) is 0 Å². The number of hydrogen-bond donors (Lipinski definition) is 1. The van der Waals surface area contributed by atoms with E-state index in [4.69, 9.17) is 4.74 Å². The van der Waals surface area contributed by atoms with E-state index in [1.807, 2.05) is 0 Å². The Morgan fingerprint density at radius 2 is 2.29 bits per heavy atom. The molecule has 4 nitrogen and oxygen atoms in total. The van der Waals surface area contributed by atoms with Gasteiger partial charge in [-0.1, -0.05) is 13.3 Å². The van der Waals surface area contributed by atoms with E-state index in [0.717, 1.165) is 12.8 Å². The fourth-order valence-electron chi connectivity index (χ4n) is 2.40. The van der Waals surface area contributed by atoms with Gasteiger partial charge < -0.3 is 15.0 Å². The molecule has 1 fully saturated rings. The number of quaternary nitrogens is 1. The highest BCUT2D eigenvalue weighted by molar-refractivity contribution is 5.39. The fourth-order valence-corrected chi connectivity index (χ4v) is 2.40. The topological polar surface area (TPSA) is 49.6 Å². The molecule has 2 rings (SSSR count). The number of rotatable bonds is 3. The molecule has 0 bridgehead atoms. The summed E-state index contributed by atoms with van der Waals surface area (Å²) in [5.74, 6) is 1.21. The number of hydrogen-bond acceptors (Lipinski definition) is 3. The van der Waals surface area contributed by atoms with E-state index in [1.165, 1.54) is 12.8 Å². The van der Waals surface area contributed by atoms with Crippen LogP contribution in [-0.4, -0.2) is 18.1 Å². The molecule has 3 atom stereocenters. The number of aromatic nitrogens is 1. The van der Waals surface area contributed by atoms with Crippen LogP contribution in [0.4, 0.5) is 5.69 Å². The Balaban J connectivity index is 2.07. The highest BCUT2D eigenvalue weighted by atomic mass is 16.5. The lowest BCUT2D eigenvalue weighted by atomic mass is 9.89. The largest absolute Gasteiger partial charge is 0.629 e. The molecule has 4 heteroatoms. The van der Waals surface area contributed by atoms with Crippen LogP contribution in [0.25, 0.3) is 0 Å². The Hall–Kier alpha value is -1.13. The van der Waals surface area contributed by atoms with E-state index < -0.39 is 0 Å². The third-order valence-corrected chi connectivity index (χ3v) is 3.32. The van der Waals surface area contributed by atoms with Crippen molar-refractivity contribution in [2.24, 2.45) is 5.92 Å². The van der Waals surface area contributed by atoms with Gasteiger partial charge in [-0.25, -0.2) is 4.98 Å². The summed E-state index contributed by atoms with van der Waals surface area (Å²) in [7, 11) is 1.55. The maximum atomic E-state index is 11.5. The molecular weight excluding hydrogens is 216 g/mol. The Labute approximate surface area is 102 Å². The minimum Gasteiger partial charge on any atom is -0.629 e. The van der Waals surface area contributed by atoms with Crippen LogP contribution in [0.15, 0.2) is 18.3 Å². The van der Waals surface area contributed by atoms with Crippen molar-refractivity contribution in [3.8, 4) is 5.88 Å². The van der Waals surface area contributed by atoms with Gasteiger partial charge in [-0.15, -0.1) is 0 Å². The van der Waals surface area contributed by atoms with Crippen LogP contribution < -0.4 is 9.80 Å². The quantitative estimate of drug-likeness (QED) is 0.812. The predicted molar refractivity (Wildman–Crippen MR) is 66.2 cm³/mol. The van der Waals surface area contributed by atoms with Crippen LogP contribution in [0.2, 0.25) is 0 Å². The maximum Gasteiger partial charge on any atom is 0.277 e. The minimum atomic E-state index is 0.0111. The normalized spacial score (nSPS) is 26.5. The highest BCUT2D eigenvalue weighted by Gasteiger charge is 2.22. The lowest BCUT2D eigenvalue weighted by molar-refractivity contribution is -0.751. The maximum absolute atomic E-state index is 11.5. The van der Waals surface area contributed by atoms with Crippen LogP contribution in [0.5, 0.6) is 5.88 Å². The monoisotopic (exact) mass is 236 g/mol. The predicted octanol–water partition coefficient (Wildman–Crippen LogP) is 1.68. The van der Waals surface area contributed by atoms with Crippen molar-refractivity contribution in [1.82, 2.24) is 4.98 Å². The van der Waals surface area contributed by atoms with E-state index in [-0.39, 0.29) is 11.2 Å². The second-order valence-corrected chi connectivity index (χ2v) is 4.92. The molecule has 17 heavy (non-hydrogen) atoms. The highest BCUT2D eigenvalue weighted by Crippen LogP contribution is 2.28. The summed E-state index contributed by atoms with van der Waals surface area (Å²) in [6.07, 6.45) is 6.50. The van der Waals surface area contributed by atoms with E-state index in [9.17, 15) is 5.21 Å². The lowest BCUT2D eigenvalue weighted by Gasteiger charge is -2.28. The van der Waals surface area contributed by atoms with Crippen molar-refractivity contribution >= 4 is 5.69 Å². The van der Waals surface area contributed by atoms with Gasteiger partial charge in [0.25, 0.3) is 5.88 Å². The number of ether oxygens (including phenoxy) is 1. The molecule has 1 heterocycles. The van der Waals surface area contributed by atoms with E-state index in [0.29, 0.717) is 17.5 Å². The zero-order chi connectivity index (χ0) is 12.3. The van der Waals surface area contributed by atoms with Crippen LogP contribution in [0, 0.1) is 11.1 Å². The molecule has 0 aromatic carbocycles. The molecule has 0 radical (unpaired) electrons. The summed E-state index contributed by atoms with van der Waals surface area (Å²) in [5, 5.41) is 11.5. The van der Waals surface area contributed by atoms with Crippen molar-refractivity contribution in [1.29, 1.82) is 0 Å². The first-order chi connectivity index (χ1) is 8.16. The third kappa shape index (κ3) is 3.17. The van der Waals surface area contributed by atoms with E-state index in [1.54, 1.807) is 25.4 Å². The molecule has 0 aliphatic heterocycles. The van der Waals surface area contributed by atoms with Gasteiger partial charge in [-0.3, -0.25) is 0 Å². The SMILES string of the molecule is C[C@@H]1CCC[C@@H](Oc2ncccc2[NH+](C)[O-])C1. The van der Waals surface area contributed by atoms with E-state index in [2.05, 4.69) is 11.9 Å². The summed E-state index contributed by atoms with van der Waals surface area (Å²) in [6, 6.07) is 3.55. The van der Waals surface area contributed by atoms with Crippen molar-refractivity contribution in [3.05, 3.63) is 23.5 Å². The number of pyridine rings is 1. The van der Waals surface area contributed by atoms with Gasteiger partial charge in [0, 0.05) is 12.3 Å². The molecule has 1 unspecified atom stereocenters. The first-order valence-corrected chi connectivity index (χ1v) is 6.29. The average Bonchev–Trinajstić information content (AvgIpc) is 2.29. The molecule has 1 aromatic rings. The first-order valence-electron chi connectivity index (χ1n) is 6.29. The number of nitrogens with zero attached hydrogens (tertiary/aromatic N) is 1. The molecule has 0 spiro atoms. The average molecular weight is 236 g/mol. The van der Waals surface area contributed by atoms with Crippen LogP contribution in [0.1, 0.15) is 32.6 Å². The Morgan fingerprint density at radius 1 is 1.47 bits per heavy atom. The van der Waals surface area contributed by atoms with Crippen molar-refractivity contribution in [3.63, 3.8) is 0 Å². The standard InChI is InChI=1S/C13H20N2O2/c1-10-5-3-6-11(9-10)17-13-12(15(2)16)7-4-8-14-13/h4,7-8,10-11,15H,3,5-6,9H2,1-2H3/t10-,11-/m1/s1. The van der Waals surface area contributed by atoms with Crippen LogP contribution >= 0.6 is 0 Å². The van der Waals surface area contributed by atoms with Gasteiger partial charge in [0.2, 0.25) is 0 Å². The summed E-state index contributed by atoms with van der Waals surface area (Å²) in [5.41, 5.74) is 0.589. The number of nitrogens with one attached hydrogen (secondary N) is 1. The van der Waals surface area contributed by atoms with Crippen molar-refractivity contribution < 1.29 is 9.80 Å². The molecule has 1 aromatic heterocycles. The van der Waals surface area contributed by atoms with Crippen molar-refractivity contribution in [2.75, 3.05) is 7.05 Å². The number of hydroxylamine groups is 1. The zero-order valence-corrected chi connectivity index (χ0v) is 10.5. The molecule has 0 saturated heterocycles. The van der Waals surface area contributed by atoms with Gasteiger partial charge in [-0.05, 0) is 31.2 Å². The summed E-state index contributed by atoms with van der Waals surface area (Å²) < 4.78 is 5.89. The second kappa shape index (κ2) is 5.47. The van der Waals surface area contributed by atoms with Crippen LogP contribution in [-0.2, 0) is 0 Å². The molecule has 1 aliphatic carbocycles. The summed E-state index contributed by atoms with van der Waals surface area (Å²) in [4.78, 5) is 4.18. The Kier molecular flexibility index (Phi) is 3.97. The molecule has 1 N–H and O–H groups in total. The summed E-state index contributed by atoms with van der Waals surface area (Å²) in [6.45, 7) is 2.25. The molecule has 1 aliphatic rings. The Morgan fingerprint density at radius 3 is 3.00 bits per heavy atom. The minimum absolute atomic E-state index is 0.0111. The molecule has 94 valence electrons. The van der Waals surface area contributed by atoms with Gasteiger partial charge >= 0.3 is 0 Å². The van der Waals surface area contributed by atoms with Gasteiger partial charge in [0.1, 0.15) is 6.10 Å². The second-order valence-electron chi connectivity index (χ2n) is 4.92. The molecular formula is C13H20N2O2. The fraction of sp³-hybridized carbons (Fsp3) is 0.615. The zero-order valence-electron chi connectivity index (χ0n) is 10.5. The third-order valence-electron chi connectivity index (χ3n) is 3.32. The lowest BCUT2D eigenvalue weighted by Crippen LogP contribution is -2.98. The smallest absolute Gasteiger partial charge is 0.277 e. The van der Waals surface area contributed by atoms with Crippen molar-refractivity contribution in [2.45, 2.75) is 38.7 Å². The van der Waals surface area contributed by atoms with Gasteiger partial charge in [-0.2, -0.15) is 0 Å². The molecule has 1 saturated carbocycles. The van der Waals surface area contributed by atoms with Gasteiger partial charge in [0.05, 0.1) is 7.05 Å². The van der Waals surface area contributed by atoms with E-state index >= 15 is 0 Å². The molecule has 0 amide bonds. The van der Waals surface area contributed by atoms with Gasteiger partial charge in [0.15, 0.2) is 5.69 Å². The summed E-state index contributed by atoms with van der Waals surface area (Å²) >= 11 is 0. The Bertz CT molecular complexity index is 368. The first kappa shape index (κ1) is 12.3.